The summed E-state index contributed by atoms with van der Waals surface area (Å²) in [6.07, 6.45) is 8.44. The maximum atomic E-state index is 13.8. The van der Waals surface area contributed by atoms with Crippen LogP contribution in [0.4, 0.5) is 0 Å². The molecule has 33 heavy (non-hydrogen) atoms. The Kier molecular flexibility index (Phi) is 5.79. The molecular formula is C28H30N2O3. The predicted octanol–water partition coefficient (Wildman–Crippen LogP) is 5.75. The normalized spacial score (nSPS) is 16.9. The average molecular weight is 443 g/mol. The molecule has 0 N–H and O–H groups in total. The molecular weight excluding hydrogens is 412 g/mol. The Hall–Kier alpha value is -3.34. The van der Waals surface area contributed by atoms with E-state index in [0.29, 0.717) is 17.5 Å². The summed E-state index contributed by atoms with van der Waals surface area (Å²) in [7, 11) is 5.25. The molecule has 2 aliphatic carbocycles. The monoisotopic (exact) mass is 442 g/mol. The number of pyridine rings is 1. The highest BCUT2D eigenvalue weighted by atomic mass is 16.5. The quantitative estimate of drug-likeness (QED) is 0.505. The van der Waals surface area contributed by atoms with Crippen LogP contribution in [0.25, 0.3) is 22.6 Å². The van der Waals surface area contributed by atoms with Crippen molar-refractivity contribution in [1.29, 1.82) is 0 Å². The minimum atomic E-state index is 0.129. The maximum Gasteiger partial charge on any atom is 0.254 e. The zero-order chi connectivity index (χ0) is 22.9. The van der Waals surface area contributed by atoms with Crippen molar-refractivity contribution in [1.82, 2.24) is 9.88 Å². The number of fused-ring (bicyclic) bond motifs is 2. The summed E-state index contributed by atoms with van der Waals surface area (Å²) in [5.41, 5.74) is 5.92. The minimum Gasteiger partial charge on any atom is -0.493 e. The van der Waals surface area contributed by atoms with E-state index in [4.69, 9.17) is 14.5 Å². The average Bonchev–Trinajstić information content (AvgIpc) is 3.52. The summed E-state index contributed by atoms with van der Waals surface area (Å²) < 4.78 is 10.8. The molecule has 5 heteroatoms. The molecule has 0 radical (unpaired) electrons. The first-order valence-corrected chi connectivity index (χ1v) is 11.7. The molecule has 170 valence electrons. The number of carbonyl (C=O) groups is 1. The molecule has 5 rings (SSSR count). The van der Waals surface area contributed by atoms with Gasteiger partial charge in [0.2, 0.25) is 0 Å². The number of benzene rings is 2. The summed E-state index contributed by atoms with van der Waals surface area (Å²) in [6, 6.07) is 14.3. The van der Waals surface area contributed by atoms with E-state index >= 15 is 0 Å². The molecule has 1 saturated carbocycles. The highest BCUT2D eigenvalue weighted by Gasteiger charge is 2.31. The second kappa shape index (κ2) is 8.89. The highest BCUT2D eigenvalue weighted by molar-refractivity contribution is 6.09. The molecule has 0 bridgehead atoms. The van der Waals surface area contributed by atoms with Crippen LogP contribution in [0.2, 0.25) is 0 Å². The minimum absolute atomic E-state index is 0.129. The van der Waals surface area contributed by atoms with Gasteiger partial charge in [0.05, 0.1) is 31.0 Å². The lowest BCUT2D eigenvalue weighted by atomic mass is 9.99. The first-order chi connectivity index (χ1) is 16.1. The topological polar surface area (TPSA) is 51.7 Å². The van der Waals surface area contributed by atoms with Crippen molar-refractivity contribution >= 4 is 28.5 Å². The Labute approximate surface area is 195 Å². The number of hydrogen-bond donors (Lipinski definition) is 0. The Balaban J connectivity index is 1.60. The fraction of sp³-hybridized carbons (Fsp3) is 0.357. The number of nitrogens with zero attached hydrogens (tertiary/aromatic N) is 2. The molecule has 0 atom stereocenters. The van der Waals surface area contributed by atoms with E-state index < -0.39 is 0 Å². The van der Waals surface area contributed by atoms with E-state index in [1.54, 1.807) is 14.2 Å². The van der Waals surface area contributed by atoms with Crippen LogP contribution >= 0.6 is 0 Å². The third-order valence-electron chi connectivity index (χ3n) is 7.10. The van der Waals surface area contributed by atoms with Crippen molar-refractivity contribution in [3.05, 3.63) is 64.8 Å². The number of carbonyl (C=O) groups excluding carboxylic acids is 1. The molecule has 0 aliphatic heterocycles. The van der Waals surface area contributed by atoms with Gasteiger partial charge in [-0.2, -0.15) is 0 Å². The van der Waals surface area contributed by atoms with E-state index in [2.05, 4.69) is 6.08 Å². The number of hydrogen-bond acceptors (Lipinski definition) is 4. The van der Waals surface area contributed by atoms with Crippen LogP contribution in [0, 0.1) is 0 Å². The lowest BCUT2D eigenvalue weighted by Gasteiger charge is -2.26. The van der Waals surface area contributed by atoms with Gasteiger partial charge in [-0.15, -0.1) is 0 Å². The molecule has 0 unspecified atom stereocenters. The van der Waals surface area contributed by atoms with Gasteiger partial charge < -0.3 is 14.4 Å². The Morgan fingerprint density at radius 2 is 1.79 bits per heavy atom. The Bertz CT molecular complexity index is 1240. The summed E-state index contributed by atoms with van der Waals surface area (Å²) in [5, 5.41) is 0.957. The molecule has 2 aliphatic rings. The molecule has 1 amide bonds. The SMILES string of the molecule is COc1ccc(/C=C2/CCc3c2nc2ccccc2c3C(=O)N(C)C2CCCC2)cc1OC. The van der Waals surface area contributed by atoms with E-state index in [9.17, 15) is 4.79 Å². The van der Waals surface area contributed by atoms with Crippen LogP contribution in [0.15, 0.2) is 42.5 Å². The van der Waals surface area contributed by atoms with Crippen LogP contribution < -0.4 is 9.47 Å². The van der Waals surface area contributed by atoms with Crippen molar-refractivity contribution < 1.29 is 14.3 Å². The van der Waals surface area contributed by atoms with Gasteiger partial charge >= 0.3 is 0 Å². The van der Waals surface area contributed by atoms with Crippen LogP contribution in [-0.4, -0.2) is 43.1 Å². The van der Waals surface area contributed by atoms with E-state index in [1.807, 2.05) is 54.4 Å². The van der Waals surface area contributed by atoms with Crippen LogP contribution in [-0.2, 0) is 6.42 Å². The molecule has 3 aromatic rings. The van der Waals surface area contributed by atoms with Crippen LogP contribution in [0.5, 0.6) is 11.5 Å². The molecule has 0 saturated heterocycles. The highest BCUT2D eigenvalue weighted by Crippen LogP contribution is 2.39. The summed E-state index contributed by atoms with van der Waals surface area (Å²) in [6.45, 7) is 0. The van der Waals surface area contributed by atoms with Crippen molar-refractivity contribution in [2.45, 2.75) is 44.6 Å². The molecule has 2 aromatic carbocycles. The van der Waals surface area contributed by atoms with Gasteiger partial charge in [0, 0.05) is 18.5 Å². The van der Waals surface area contributed by atoms with Crippen LogP contribution in [0.3, 0.4) is 0 Å². The van der Waals surface area contributed by atoms with Crippen molar-refractivity contribution in [2.75, 3.05) is 21.3 Å². The van der Waals surface area contributed by atoms with Crippen molar-refractivity contribution in [3.8, 4) is 11.5 Å². The first kappa shape index (κ1) is 21.5. The fourth-order valence-corrected chi connectivity index (χ4v) is 5.30. The van der Waals surface area contributed by atoms with Gasteiger partial charge in [0.15, 0.2) is 11.5 Å². The maximum absolute atomic E-state index is 13.8. The fourth-order valence-electron chi connectivity index (χ4n) is 5.30. The molecule has 1 aromatic heterocycles. The number of para-hydroxylation sites is 1. The number of ether oxygens (including phenoxy) is 2. The standard InChI is InChI=1S/C28H30N2O3/c1-30(20-8-4-5-9-20)28(31)26-21-10-6-7-11-23(21)29-27-19(13-14-22(26)27)16-18-12-15-24(32-2)25(17-18)33-3/h6-7,10-12,15-17,20H,4-5,8-9,13-14H2,1-3H3/b19-16-. The van der Waals surface area contributed by atoms with Crippen molar-refractivity contribution in [3.63, 3.8) is 0 Å². The number of amides is 1. The van der Waals surface area contributed by atoms with Crippen LogP contribution in [0.1, 0.15) is 59.3 Å². The van der Waals surface area contributed by atoms with E-state index in [1.165, 1.54) is 12.8 Å². The molecule has 1 fully saturated rings. The second-order valence-electron chi connectivity index (χ2n) is 8.97. The third-order valence-corrected chi connectivity index (χ3v) is 7.10. The number of aromatic nitrogens is 1. The zero-order valence-electron chi connectivity index (χ0n) is 19.6. The van der Waals surface area contributed by atoms with Gasteiger partial charge in [-0.05, 0) is 66.7 Å². The molecule has 1 heterocycles. The Morgan fingerprint density at radius 3 is 2.55 bits per heavy atom. The van der Waals surface area contributed by atoms with Gasteiger partial charge in [-0.3, -0.25) is 4.79 Å². The second-order valence-corrected chi connectivity index (χ2v) is 8.97. The summed E-state index contributed by atoms with van der Waals surface area (Å²) in [5.74, 6) is 1.54. The number of rotatable bonds is 5. The van der Waals surface area contributed by atoms with Crippen molar-refractivity contribution in [2.24, 2.45) is 0 Å². The summed E-state index contributed by atoms with van der Waals surface area (Å²) >= 11 is 0. The molecule has 0 spiro atoms. The van der Waals surface area contributed by atoms with Gasteiger partial charge in [-0.1, -0.05) is 37.1 Å². The predicted molar refractivity (Wildman–Crippen MR) is 132 cm³/mol. The molecule has 5 nitrogen and oxygen atoms in total. The van der Waals surface area contributed by atoms with Gasteiger partial charge in [-0.25, -0.2) is 4.98 Å². The van der Waals surface area contributed by atoms with Gasteiger partial charge in [0.25, 0.3) is 5.91 Å². The van der Waals surface area contributed by atoms with E-state index in [-0.39, 0.29) is 5.91 Å². The lowest BCUT2D eigenvalue weighted by Crippen LogP contribution is -2.36. The number of methoxy groups -OCH3 is 2. The lowest BCUT2D eigenvalue weighted by molar-refractivity contribution is 0.0736. The first-order valence-electron chi connectivity index (χ1n) is 11.7. The summed E-state index contributed by atoms with van der Waals surface area (Å²) in [4.78, 5) is 20.8. The van der Waals surface area contributed by atoms with Gasteiger partial charge in [0.1, 0.15) is 0 Å². The number of allylic oxidation sites excluding steroid dienone is 1. The third kappa shape index (κ3) is 3.86. The largest absolute Gasteiger partial charge is 0.493 e. The Morgan fingerprint density at radius 1 is 1.03 bits per heavy atom. The smallest absolute Gasteiger partial charge is 0.254 e. The zero-order valence-corrected chi connectivity index (χ0v) is 19.6. The van der Waals surface area contributed by atoms with E-state index in [0.717, 1.165) is 64.5 Å².